The Morgan fingerprint density at radius 1 is 1.67 bits per heavy atom. The van der Waals surface area contributed by atoms with Crippen LogP contribution in [0.25, 0.3) is 0 Å². The Morgan fingerprint density at radius 3 is 2.87 bits per heavy atom. The number of nitrogens with zero attached hydrogens (tertiary/aromatic N) is 2. The summed E-state index contributed by atoms with van der Waals surface area (Å²) >= 11 is 0. The van der Waals surface area contributed by atoms with Crippen molar-refractivity contribution in [1.29, 1.82) is 0 Å². The normalized spacial score (nSPS) is 12.5. The maximum Gasteiger partial charge on any atom is 0.328 e. The number of nitrogens with one attached hydrogen (secondary N) is 1. The van der Waals surface area contributed by atoms with Crippen LogP contribution in [0.1, 0.15) is 25.6 Å². The molecule has 15 heavy (non-hydrogen) atoms. The van der Waals surface area contributed by atoms with Gasteiger partial charge in [0.25, 0.3) is 0 Å². The molecule has 1 aromatic heterocycles. The Hall–Kier alpha value is -1.43. The minimum absolute atomic E-state index is 0.132. The molecule has 0 saturated carbocycles. The molecule has 0 aliphatic rings. The van der Waals surface area contributed by atoms with Gasteiger partial charge in [-0.15, -0.1) is 0 Å². The van der Waals surface area contributed by atoms with Crippen molar-refractivity contribution in [1.82, 2.24) is 10.1 Å². The fourth-order valence-electron chi connectivity index (χ4n) is 1.26. The molecular formula is C9H16N4O2. The third kappa shape index (κ3) is 3.32. The highest BCUT2D eigenvalue weighted by Crippen LogP contribution is 2.09. The molecule has 0 fully saturated rings. The van der Waals surface area contributed by atoms with Crippen LogP contribution in [0.5, 0.6) is 0 Å². The predicted octanol–water partition coefficient (Wildman–Crippen LogP) is 0.692. The topological polar surface area (TPSA) is 94.0 Å². The lowest BCUT2D eigenvalue weighted by Crippen LogP contribution is -2.29. The molecule has 6 heteroatoms. The molecule has 0 saturated heterocycles. The van der Waals surface area contributed by atoms with Crippen LogP contribution in [-0.4, -0.2) is 22.6 Å². The Labute approximate surface area is 88.2 Å². The molecule has 1 aromatic rings. The number of hydrogen-bond donors (Lipinski definition) is 2. The number of amides is 1. The van der Waals surface area contributed by atoms with E-state index in [-0.39, 0.29) is 17.8 Å². The first-order valence-electron chi connectivity index (χ1n) is 4.98. The molecule has 3 N–H and O–H groups in total. The number of hydrogen-bond acceptors (Lipinski definition) is 5. The Bertz CT molecular complexity index is 324. The number of carbonyl (C=O) groups excluding carboxylic acids is 1. The van der Waals surface area contributed by atoms with E-state index in [4.69, 9.17) is 10.3 Å². The van der Waals surface area contributed by atoms with Gasteiger partial charge in [-0.25, -0.2) is 0 Å². The van der Waals surface area contributed by atoms with E-state index in [1.807, 2.05) is 6.92 Å². The molecule has 1 unspecified atom stereocenters. The number of carbonyl (C=O) groups is 1. The van der Waals surface area contributed by atoms with Gasteiger partial charge in [0.2, 0.25) is 5.91 Å². The molecule has 0 aliphatic carbocycles. The first-order chi connectivity index (χ1) is 7.17. The molecule has 1 atom stereocenters. The van der Waals surface area contributed by atoms with Gasteiger partial charge in [0.05, 0.1) is 5.92 Å². The first-order valence-corrected chi connectivity index (χ1v) is 4.98. The van der Waals surface area contributed by atoms with Crippen LogP contribution in [0.2, 0.25) is 0 Å². The summed E-state index contributed by atoms with van der Waals surface area (Å²) in [4.78, 5) is 15.5. The average molecular weight is 212 g/mol. The lowest BCUT2D eigenvalue weighted by molar-refractivity contribution is -0.119. The quantitative estimate of drug-likeness (QED) is 0.748. The second-order valence-electron chi connectivity index (χ2n) is 3.36. The van der Waals surface area contributed by atoms with Gasteiger partial charge in [0.15, 0.2) is 5.82 Å². The van der Waals surface area contributed by atoms with Crippen LogP contribution in [0.15, 0.2) is 4.52 Å². The van der Waals surface area contributed by atoms with Crippen LogP contribution in [0, 0.1) is 12.8 Å². The smallest absolute Gasteiger partial charge is 0.328 e. The van der Waals surface area contributed by atoms with Gasteiger partial charge < -0.3 is 10.3 Å². The number of aromatic nitrogens is 2. The molecule has 1 rings (SSSR count). The van der Waals surface area contributed by atoms with Crippen LogP contribution in [0.3, 0.4) is 0 Å². The zero-order chi connectivity index (χ0) is 11.3. The summed E-state index contributed by atoms with van der Waals surface area (Å²) in [6.07, 6.45) is 1.67. The van der Waals surface area contributed by atoms with Crippen molar-refractivity contribution in [2.24, 2.45) is 11.7 Å². The van der Waals surface area contributed by atoms with Gasteiger partial charge in [-0.05, 0) is 13.3 Å². The maximum atomic E-state index is 11.6. The van der Waals surface area contributed by atoms with Gasteiger partial charge >= 0.3 is 6.01 Å². The van der Waals surface area contributed by atoms with E-state index < -0.39 is 0 Å². The summed E-state index contributed by atoms with van der Waals surface area (Å²) in [6.45, 7) is 4.02. The van der Waals surface area contributed by atoms with Crippen molar-refractivity contribution in [2.75, 3.05) is 11.9 Å². The van der Waals surface area contributed by atoms with Crippen LogP contribution in [0.4, 0.5) is 6.01 Å². The third-order valence-electron chi connectivity index (χ3n) is 2.05. The monoisotopic (exact) mass is 212 g/mol. The van der Waals surface area contributed by atoms with Gasteiger partial charge in [-0.1, -0.05) is 18.5 Å². The summed E-state index contributed by atoms with van der Waals surface area (Å²) in [5.41, 5.74) is 5.49. The number of aryl methyl sites for hydroxylation is 1. The molecular weight excluding hydrogens is 196 g/mol. The Kier molecular flexibility index (Phi) is 4.23. The third-order valence-corrected chi connectivity index (χ3v) is 2.05. The highest BCUT2D eigenvalue weighted by Gasteiger charge is 2.17. The standard InChI is InChI=1S/C9H16N4O2/c1-3-4-7(5-10)8(14)12-9-11-6(2)13-15-9/h7H,3-5,10H2,1-2H3,(H,11,12,13,14). The minimum atomic E-state index is -0.192. The summed E-state index contributed by atoms with van der Waals surface area (Å²) < 4.78 is 4.77. The van der Waals surface area contributed by atoms with Crippen LogP contribution < -0.4 is 11.1 Å². The molecule has 0 radical (unpaired) electrons. The summed E-state index contributed by atoms with van der Waals surface area (Å²) in [5, 5.41) is 6.11. The average Bonchev–Trinajstić information content (AvgIpc) is 2.60. The molecule has 0 spiro atoms. The highest BCUT2D eigenvalue weighted by molar-refractivity contribution is 5.90. The lowest BCUT2D eigenvalue weighted by atomic mass is 10.0. The summed E-state index contributed by atoms with van der Waals surface area (Å²) in [6, 6.07) is 0.132. The molecule has 0 aromatic carbocycles. The maximum absolute atomic E-state index is 11.6. The minimum Gasteiger partial charge on any atom is -0.330 e. The van der Waals surface area contributed by atoms with Gasteiger partial charge in [-0.2, -0.15) is 4.98 Å². The zero-order valence-corrected chi connectivity index (χ0v) is 8.99. The molecule has 6 nitrogen and oxygen atoms in total. The molecule has 1 heterocycles. The Balaban J connectivity index is 2.53. The van der Waals surface area contributed by atoms with Crippen molar-refractivity contribution >= 4 is 11.9 Å². The van der Waals surface area contributed by atoms with E-state index in [1.54, 1.807) is 6.92 Å². The van der Waals surface area contributed by atoms with Crippen LogP contribution >= 0.6 is 0 Å². The van der Waals surface area contributed by atoms with Crippen molar-refractivity contribution in [3.05, 3.63) is 5.82 Å². The van der Waals surface area contributed by atoms with Crippen molar-refractivity contribution in [3.63, 3.8) is 0 Å². The first kappa shape index (κ1) is 11.6. The van der Waals surface area contributed by atoms with E-state index in [2.05, 4.69) is 15.5 Å². The van der Waals surface area contributed by atoms with Crippen molar-refractivity contribution < 1.29 is 9.32 Å². The van der Waals surface area contributed by atoms with E-state index in [0.29, 0.717) is 12.4 Å². The van der Waals surface area contributed by atoms with E-state index in [1.165, 1.54) is 0 Å². The fourth-order valence-corrected chi connectivity index (χ4v) is 1.26. The summed E-state index contributed by atoms with van der Waals surface area (Å²) in [5.74, 6) is 0.135. The second kappa shape index (κ2) is 5.45. The Morgan fingerprint density at radius 2 is 2.40 bits per heavy atom. The number of anilines is 1. The van der Waals surface area contributed by atoms with Crippen molar-refractivity contribution in [2.45, 2.75) is 26.7 Å². The second-order valence-corrected chi connectivity index (χ2v) is 3.36. The molecule has 84 valence electrons. The number of rotatable bonds is 5. The van der Waals surface area contributed by atoms with Gasteiger partial charge in [0, 0.05) is 6.54 Å². The SMILES string of the molecule is CCCC(CN)C(=O)Nc1nc(C)no1. The molecule has 0 aliphatic heterocycles. The van der Waals surface area contributed by atoms with Crippen molar-refractivity contribution in [3.8, 4) is 0 Å². The van der Waals surface area contributed by atoms with E-state index >= 15 is 0 Å². The largest absolute Gasteiger partial charge is 0.330 e. The molecule has 0 bridgehead atoms. The predicted molar refractivity (Wildman–Crippen MR) is 55.1 cm³/mol. The highest BCUT2D eigenvalue weighted by atomic mass is 16.5. The zero-order valence-electron chi connectivity index (χ0n) is 8.99. The van der Waals surface area contributed by atoms with Gasteiger partial charge in [-0.3, -0.25) is 10.1 Å². The molecule has 1 amide bonds. The van der Waals surface area contributed by atoms with E-state index in [9.17, 15) is 4.79 Å². The lowest BCUT2D eigenvalue weighted by Gasteiger charge is -2.10. The number of nitrogens with two attached hydrogens (primary N) is 1. The fraction of sp³-hybridized carbons (Fsp3) is 0.667. The summed E-state index contributed by atoms with van der Waals surface area (Å²) in [7, 11) is 0. The van der Waals surface area contributed by atoms with Crippen LogP contribution in [-0.2, 0) is 4.79 Å². The van der Waals surface area contributed by atoms with Gasteiger partial charge in [0.1, 0.15) is 0 Å². The van der Waals surface area contributed by atoms with E-state index in [0.717, 1.165) is 12.8 Å².